The molecule has 2 rings (SSSR count). The molecular formula is C20H28N4O5. The Hall–Kier alpha value is -2.94. The van der Waals surface area contributed by atoms with Crippen molar-refractivity contribution in [3.8, 4) is 0 Å². The third-order valence-electron chi connectivity index (χ3n) is 4.96. The lowest BCUT2D eigenvalue weighted by molar-refractivity contribution is -0.149. The minimum Gasteiger partial charge on any atom is -0.480 e. The highest BCUT2D eigenvalue weighted by molar-refractivity contribution is 5.94. The highest BCUT2D eigenvalue weighted by Gasteiger charge is 2.41. The van der Waals surface area contributed by atoms with Crippen molar-refractivity contribution in [1.82, 2.24) is 15.5 Å². The highest BCUT2D eigenvalue weighted by Crippen LogP contribution is 2.18. The Morgan fingerprint density at radius 2 is 1.93 bits per heavy atom. The summed E-state index contributed by atoms with van der Waals surface area (Å²) in [5.74, 6) is -2.71. The summed E-state index contributed by atoms with van der Waals surface area (Å²) in [5.41, 5.74) is 5.11. The molecule has 29 heavy (non-hydrogen) atoms. The van der Waals surface area contributed by atoms with Crippen LogP contribution in [0.15, 0.2) is 30.3 Å². The molecule has 0 aromatic heterocycles. The number of aliphatic carboxylic acids is 1. The van der Waals surface area contributed by atoms with E-state index in [0.29, 0.717) is 13.1 Å². The van der Waals surface area contributed by atoms with Crippen LogP contribution in [0.4, 0.5) is 0 Å². The van der Waals surface area contributed by atoms with Crippen LogP contribution in [-0.2, 0) is 25.6 Å². The van der Waals surface area contributed by atoms with E-state index in [2.05, 4.69) is 10.6 Å². The Kier molecular flexibility index (Phi) is 7.33. The lowest BCUT2D eigenvalue weighted by Crippen LogP contribution is -2.66. The summed E-state index contributed by atoms with van der Waals surface area (Å²) >= 11 is 0. The summed E-state index contributed by atoms with van der Waals surface area (Å²) in [7, 11) is 0. The second-order valence-corrected chi connectivity index (χ2v) is 7.66. The summed E-state index contributed by atoms with van der Waals surface area (Å²) in [6, 6.07) is 7.07. The Balaban J connectivity index is 2.25. The molecule has 0 bridgehead atoms. The van der Waals surface area contributed by atoms with Crippen LogP contribution < -0.4 is 16.4 Å². The first kappa shape index (κ1) is 22.4. The van der Waals surface area contributed by atoms with E-state index in [0.717, 1.165) is 5.56 Å². The Morgan fingerprint density at radius 1 is 1.28 bits per heavy atom. The average Bonchev–Trinajstić information content (AvgIpc) is 2.66. The van der Waals surface area contributed by atoms with E-state index in [1.165, 1.54) is 4.90 Å². The molecule has 0 aliphatic carbocycles. The van der Waals surface area contributed by atoms with Crippen LogP contribution >= 0.6 is 0 Å². The number of carboxylic acids is 1. The zero-order chi connectivity index (χ0) is 21.6. The number of hydrogen-bond acceptors (Lipinski definition) is 5. The van der Waals surface area contributed by atoms with Crippen molar-refractivity contribution < 1.29 is 24.3 Å². The molecule has 0 spiro atoms. The van der Waals surface area contributed by atoms with Crippen LogP contribution in [0, 0.1) is 0 Å². The second-order valence-electron chi connectivity index (χ2n) is 7.66. The third-order valence-corrected chi connectivity index (χ3v) is 4.96. The van der Waals surface area contributed by atoms with Crippen LogP contribution in [0.2, 0.25) is 0 Å². The van der Waals surface area contributed by atoms with E-state index in [9.17, 15) is 24.3 Å². The van der Waals surface area contributed by atoms with Crippen LogP contribution in [0.25, 0.3) is 0 Å². The Labute approximate surface area is 169 Å². The molecule has 158 valence electrons. The predicted molar refractivity (Wildman–Crippen MR) is 106 cm³/mol. The average molecular weight is 404 g/mol. The Morgan fingerprint density at radius 3 is 2.52 bits per heavy atom. The van der Waals surface area contributed by atoms with Crippen molar-refractivity contribution in [1.29, 1.82) is 0 Å². The maximum Gasteiger partial charge on any atom is 0.326 e. The van der Waals surface area contributed by atoms with Crippen molar-refractivity contribution in [2.75, 3.05) is 13.1 Å². The Bertz CT molecular complexity index is 765. The van der Waals surface area contributed by atoms with Gasteiger partial charge in [-0.3, -0.25) is 14.4 Å². The number of primary amides is 1. The number of carboxylic acid groups (broad SMARTS) is 1. The van der Waals surface area contributed by atoms with E-state index in [1.54, 1.807) is 13.8 Å². The highest BCUT2D eigenvalue weighted by atomic mass is 16.4. The number of amides is 3. The fraction of sp³-hybridized carbons (Fsp3) is 0.500. The van der Waals surface area contributed by atoms with Crippen molar-refractivity contribution in [2.45, 2.75) is 50.7 Å². The number of piperazine rings is 1. The van der Waals surface area contributed by atoms with Gasteiger partial charge >= 0.3 is 5.97 Å². The minimum atomic E-state index is -1.26. The molecule has 0 unspecified atom stereocenters. The molecule has 1 aliphatic heterocycles. The molecule has 1 aromatic rings. The zero-order valence-electron chi connectivity index (χ0n) is 16.7. The van der Waals surface area contributed by atoms with Gasteiger partial charge in [-0.1, -0.05) is 30.3 Å². The van der Waals surface area contributed by atoms with Crippen LogP contribution in [0.3, 0.4) is 0 Å². The first-order chi connectivity index (χ1) is 13.6. The van der Waals surface area contributed by atoms with Gasteiger partial charge in [-0.25, -0.2) is 4.79 Å². The van der Waals surface area contributed by atoms with E-state index >= 15 is 0 Å². The summed E-state index contributed by atoms with van der Waals surface area (Å²) in [6.45, 7) is 4.32. The molecule has 1 aromatic carbocycles. The molecule has 0 radical (unpaired) electrons. The first-order valence-corrected chi connectivity index (χ1v) is 9.53. The number of benzene rings is 1. The molecule has 1 heterocycles. The normalized spacial score (nSPS) is 18.0. The SMILES string of the molecule is CC1(C)NCCN([C@@H](Cc2ccccc2)C(=O)N[C@@H](CCC(N)=O)C(=O)O)C1=O. The van der Waals surface area contributed by atoms with Crippen LogP contribution in [0.1, 0.15) is 32.3 Å². The number of carbonyl (C=O) groups excluding carboxylic acids is 3. The van der Waals surface area contributed by atoms with Crippen molar-refractivity contribution >= 4 is 23.7 Å². The zero-order valence-corrected chi connectivity index (χ0v) is 16.7. The van der Waals surface area contributed by atoms with E-state index in [1.807, 2.05) is 30.3 Å². The number of nitrogens with zero attached hydrogens (tertiary/aromatic N) is 1. The van der Waals surface area contributed by atoms with Gasteiger partial charge in [0.2, 0.25) is 17.7 Å². The van der Waals surface area contributed by atoms with Gasteiger partial charge in [0.1, 0.15) is 12.1 Å². The quantitative estimate of drug-likeness (QED) is 0.443. The van der Waals surface area contributed by atoms with Crippen LogP contribution in [0.5, 0.6) is 0 Å². The number of hydrogen-bond donors (Lipinski definition) is 4. The van der Waals surface area contributed by atoms with Gasteiger partial charge in [0.05, 0.1) is 5.54 Å². The minimum absolute atomic E-state index is 0.116. The number of carbonyl (C=O) groups is 4. The topological polar surface area (TPSA) is 142 Å². The molecule has 0 saturated carbocycles. The maximum atomic E-state index is 13.1. The van der Waals surface area contributed by atoms with Gasteiger partial charge in [-0.05, 0) is 25.8 Å². The van der Waals surface area contributed by atoms with Gasteiger partial charge in [-0.2, -0.15) is 0 Å². The molecular weight excluding hydrogens is 376 g/mol. The molecule has 1 saturated heterocycles. The van der Waals surface area contributed by atoms with Crippen molar-refractivity contribution in [3.63, 3.8) is 0 Å². The monoisotopic (exact) mass is 404 g/mol. The molecule has 1 aliphatic rings. The van der Waals surface area contributed by atoms with Crippen molar-refractivity contribution in [2.24, 2.45) is 5.73 Å². The standard InChI is InChI=1S/C20H28N4O5/c1-20(2)19(29)24(11-10-22-20)15(12-13-6-4-3-5-7-13)17(26)23-14(18(27)28)8-9-16(21)25/h3-7,14-15,22H,8-12H2,1-2H3,(H2,21,25)(H,23,26)(H,27,28)/t14-,15-/m0/s1. The van der Waals surface area contributed by atoms with Gasteiger partial charge in [0.25, 0.3) is 0 Å². The summed E-state index contributed by atoms with van der Waals surface area (Å²) in [5, 5.41) is 15.0. The number of nitrogens with one attached hydrogen (secondary N) is 2. The van der Waals surface area contributed by atoms with Gasteiger partial charge in [0.15, 0.2) is 0 Å². The predicted octanol–water partition coefficient (Wildman–Crippen LogP) is -0.357. The van der Waals surface area contributed by atoms with E-state index < -0.39 is 35.4 Å². The second kappa shape index (κ2) is 9.51. The van der Waals surface area contributed by atoms with E-state index in [4.69, 9.17) is 5.73 Å². The largest absolute Gasteiger partial charge is 0.480 e. The lowest BCUT2D eigenvalue weighted by Gasteiger charge is -2.42. The molecule has 9 nitrogen and oxygen atoms in total. The molecule has 3 amide bonds. The molecule has 5 N–H and O–H groups in total. The number of nitrogens with two attached hydrogens (primary N) is 1. The van der Waals surface area contributed by atoms with Crippen molar-refractivity contribution in [3.05, 3.63) is 35.9 Å². The van der Waals surface area contributed by atoms with Gasteiger partial charge < -0.3 is 26.4 Å². The smallest absolute Gasteiger partial charge is 0.326 e. The lowest BCUT2D eigenvalue weighted by atomic mass is 9.96. The summed E-state index contributed by atoms with van der Waals surface area (Å²) in [6.07, 6.45) is -0.0354. The third kappa shape index (κ3) is 6.02. The molecule has 1 fully saturated rings. The summed E-state index contributed by atoms with van der Waals surface area (Å²) < 4.78 is 0. The van der Waals surface area contributed by atoms with Crippen LogP contribution in [-0.4, -0.2) is 64.4 Å². The van der Waals surface area contributed by atoms with E-state index in [-0.39, 0.29) is 25.2 Å². The molecule has 9 heteroatoms. The number of rotatable bonds is 9. The fourth-order valence-corrected chi connectivity index (χ4v) is 3.32. The molecule has 2 atom stereocenters. The maximum absolute atomic E-state index is 13.1. The van der Waals surface area contributed by atoms with Gasteiger partial charge in [0, 0.05) is 25.9 Å². The first-order valence-electron chi connectivity index (χ1n) is 9.53. The summed E-state index contributed by atoms with van der Waals surface area (Å²) in [4.78, 5) is 50.0. The van der Waals surface area contributed by atoms with Gasteiger partial charge in [-0.15, -0.1) is 0 Å². The fourth-order valence-electron chi connectivity index (χ4n) is 3.32.